The van der Waals surface area contributed by atoms with Gasteiger partial charge in [0, 0.05) is 11.1 Å². The topological polar surface area (TPSA) is 95.7 Å². The Labute approximate surface area is 167 Å². The highest BCUT2D eigenvalue weighted by atomic mass is 16.5. The van der Waals surface area contributed by atoms with Crippen molar-refractivity contribution in [2.45, 2.75) is 13.8 Å². The number of esters is 2. The van der Waals surface area contributed by atoms with Gasteiger partial charge in [0.05, 0.1) is 36.7 Å². The number of rotatable bonds is 5. The van der Waals surface area contributed by atoms with Crippen LogP contribution in [0.25, 0.3) is 22.5 Å². The molecule has 2 aromatic heterocycles. The molecule has 0 spiro atoms. The largest absolute Gasteiger partial charge is 0.465 e. The molecule has 29 heavy (non-hydrogen) atoms. The molecule has 0 aliphatic rings. The van der Waals surface area contributed by atoms with Crippen molar-refractivity contribution in [1.29, 1.82) is 0 Å². The van der Waals surface area contributed by atoms with Gasteiger partial charge in [-0.05, 0) is 31.5 Å². The molecule has 0 atom stereocenters. The van der Waals surface area contributed by atoms with Gasteiger partial charge in [0.15, 0.2) is 12.0 Å². The smallest absolute Gasteiger partial charge is 0.340 e. The Morgan fingerprint density at radius 2 is 1.38 bits per heavy atom. The van der Waals surface area contributed by atoms with Crippen molar-refractivity contribution in [3.8, 4) is 22.5 Å². The van der Waals surface area contributed by atoms with Crippen LogP contribution in [0.3, 0.4) is 0 Å². The minimum absolute atomic E-state index is 0.201. The molecule has 0 N–H and O–H groups in total. The molecule has 2 heterocycles. The zero-order chi connectivity index (χ0) is 21.1. The third-order valence-corrected chi connectivity index (χ3v) is 4.54. The van der Waals surface area contributed by atoms with Crippen molar-refractivity contribution in [3.05, 3.63) is 64.7 Å². The van der Waals surface area contributed by atoms with Crippen LogP contribution >= 0.6 is 0 Å². The van der Waals surface area contributed by atoms with Crippen LogP contribution in [0.2, 0.25) is 0 Å². The molecule has 0 bridgehead atoms. The maximum Gasteiger partial charge on any atom is 0.340 e. The maximum atomic E-state index is 12.5. The molecule has 0 radical (unpaired) electrons. The van der Waals surface area contributed by atoms with Crippen molar-refractivity contribution >= 4 is 18.2 Å². The first-order chi connectivity index (χ1) is 13.9. The molecular weight excluding hydrogens is 374 g/mol. The molecule has 0 saturated carbocycles. The van der Waals surface area contributed by atoms with Gasteiger partial charge in [-0.3, -0.25) is 9.78 Å². The van der Waals surface area contributed by atoms with E-state index in [1.807, 2.05) is 0 Å². The molecule has 7 nitrogen and oxygen atoms in total. The Balaban J connectivity index is 2.21. The van der Waals surface area contributed by atoms with Gasteiger partial charge in [0.25, 0.3) is 0 Å². The van der Waals surface area contributed by atoms with Crippen LogP contribution in [-0.4, -0.2) is 37.4 Å². The molecule has 1 aromatic carbocycles. The second kappa shape index (κ2) is 8.10. The summed E-state index contributed by atoms with van der Waals surface area (Å²) in [7, 11) is 2.54. The van der Waals surface area contributed by atoms with E-state index in [2.05, 4.69) is 4.98 Å². The molecule has 0 saturated heterocycles. The molecule has 0 aliphatic carbocycles. The lowest BCUT2D eigenvalue weighted by Gasteiger charge is -2.17. The highest BCUT2D eigenvalue weighted by Crippen LogP contribution is 2.34. The standard InChI is InChI=1S/C22H19NO6/c1-12-18(21(25)27-3)20(19(13(2)23-12)22(26)28-4)15-7-5-14(6-8-15)17-10-9-16(11-24)29-17/h5-11H,1-4H3. The van der Waals surface area contributed by atoms with E-state index in [0.29, 0.717) is 34.6 Å². The highest BCUT2D eigenvalue weighted by Gasteiger charge is 2.27. The molecule has 0 amide bonds. The summed E-state index contributed by atoms with van der Waals surface area (Å²) in [5.74, 6) is -0.436. The van der Waals surface area contributed by atoms with E-state index >= 15 is 0 Å². The van der Waals surface area contributed by atoms with Crippen molar-refractivity contribution in [3.63, 3.8) is 0 Å². The normalized spacial score (nSPS) is 10.5. The Morgan fingerprint density at radius 1 is 0.862 bits per heavy atom. The van der Waals surface area contributed by atoms with Gasteiger partial charge in [0.1, 0.15) is 5.76 Å². The second-order valence-electron chi connectivity index (χ2n) is 6.29. The first-order valence-electron chi connectivity index (χ1n) is 8.74. The Kier molecular flexibility index (Phi) is 5.59. The highest BCUT2D eigenvalue weighted by molar-refractivity contribution is 6.07. The molecular formula is C22H19NO6. The summed E-state index contributed by atoms with van der Waals surface area (Å²) in [6, 6.07) is 10.3. The number of hydrogen-bond donors (Lipinski definition) is 0. The fourth-order valence-corrected chi connectivity index (χ4v) is 3.21. The number of carbonyl (C=O) groups is 3. The summed E-state index contributed by atoms with van der Waals surface area (Å²) in [5, 5.41) is 0. The number of aryl methyl sites for hydroxylation is 2. The Morgan fingerprint density at radius 3 is 1.83 bits per heavy atom. The second-order valence-corrected chi connectivity index (χ2v) is 6.29. The molecule has 3 rings (SSSR count). The monoisotopic (exact) mass is 393 g/mol. The average Bonchev–Trinajstić information content (AvgIpc) is 3.21. The van der Waals surface area contributed by atoms with Gasteiger partial charge >= 0.3 is 11.9 Å². The van der Waals surface area contributed by atoms with E-state index in [4.69, 9.17) is 13.9 Å². The number of methoxy groups -OCH3 is 2. The molecule has 0 aliphatic heterocycles. The lowest BCUT2D eigenvalue weighted by molar-refractivity contribution is 0.0598. The summed E-state index contributed by atoms with van der Waals surface area (Å²) in [6.07, 6.45) is 0.631. The van der Waals surface area contributed by atoms with Crippen LogP contribution in [0.1, 0.15) is 42.7 Å². The van der Waals surface area contributed by atoms with E-state index < -0.39 is 11.9 Å². The SMILES string of the molecule is COC(=O)c1c(C)nc(C)c(C(=O)OC)c1-c1ccc(-c2ccc(C=O)o2)cc1. The van der Waals surface area contributed by atoms with E-state index in [9.17, 15) is 14.4 Å². The summed E-state index contributed by atoms with van der Waals surface area (Å²) in [4.78, 5) is 40.1. The summed E-state index contributed by atoms with van der Waals surface area (Å²) in [6.45, 7) is 3.37. The predicted octanol–water partition coefficient (Wildman–Crippen LogP) is 4.01. The predicted molar refractivity (Wildman–Crippen MR) is 105 cm³/mol. The first-order valence-corrected chi connectivity index (χ1v) is 8.74. The third kappa shape index (κ3) is 3.67. The summed E-state index contributed by atoms with van der Waals surface area (Å²) in [5.41, 5.74) is 3.05. The van der Waals surface area contributed by atoms with E-state index in [1.165, 1.54) is 14.2 Å². The van der Waals surface area contributed by atoms with Gasteiger partial charge in [-0.2, -0.15) is 0 Å². The number of ether oxygens (including phenoxy) is 2. The fourth-order valence-electron chi connectivity index (χ4n) is 3.21. The van der Waals surface area contributed by atoms with Crippen molar-refractivity contribution in [2.24, 2.45) is 0 Å². The number of furan rings is 1. The van der Waals surface area contributed by atoms with E-state index in [0.717, 1.165) is 5.56 Å². The van der Waals surface area contributed by atoms with Crippen LogP contribution in [0.15, 0.2) is 40.8 Å². The van der Waals surface area contributed by atoms with Gasteiger partial charge in [-0.25, -0.2) is 9.59 Å². The van der Waals surface area contributed by atoms with Crippen LogP contribution in [0.4, 0.5) is 0 Å². The maximum absolute atomic E-state index is 12.5. The quantitative estimate of drug-likeness (QED) is 0.477. The van der Waals surface area contributed by atoms with Crippen molar-refractivity contribution < 1.29 is 28.3 Å². The molecule has 3 aromatic rings. The zero-order valence-electron chi connectivity index (χ0n) is 16.4. The molecule has 7 heteroatoms. The van der Waals surface area contributed by atoms with Crippen LogP contribution in [0, 0.1) is 13.8 Å². The van der Waals surface area contributed by atoms with E-state index in [1.54, 1.807) is 50.2 Å². The molecule has 0 unspecified atom stereocenters. The van der Waals surface area contributed by atoms with Gasteiger partial charge in [0.2, 0.25) is 0 Å². The Hall–Kier alpha value is -3.74. The first kappa shape index (κ1) is 20.0. The molecule has 0 fully saturated rings. The van der Waals surface area contributed by atoms with Crippen LogP contribution in [0.5, 0.6) is 0 Å². The average molecular weight is 393 g/mol. The summed E-state index contributed by atoms with van der Waals surface area (Å²) >= 11 is 0. The number of pyridine rings is 1. The van der Waals surface area contributed by atoms with Crippen molar-refractivity contribution in [1.82, 2.24) is 4.98 Å². The number of aromatic nitrogens is 1. The Bertz CT molecular complexity index is 1050. The molecule has 148 valence electrons. The third-order valence-electron chi connectivity index (χ3n) is 4.54. The van der Waals surface area contributed by atoms with Gasteiger partial charge in [-0.1, -0.05) is 24.3 Å². The zero-order valence-corrected chi connectivity index (χ0v) is 16.4. The van der Waals surface area contributed by atoms with Crippen LogP contribution in [-0.2, 0) is 9.47 Å². The number of hydrogen-bond acceptors (Lipinski definition) is 7. The fraction of sp³-hybridized carbons (Fsp3) is 0.182. The minimum Gasteiger partial charge on any atom is -0.465 e. The van der Waals surface area contributed by atoms with Crippen molar-refractivity contribution in [2.75, 3.05) is 14.2 Å². The number of carbonyl (C=O) groups excluding carboxylic acids is 3. The number of nitrogens with zero attached hydrogens (tertiary/aromatic N) is 1. The van der Waals surface area contributed by atoms with Crippen LogP contribution < -0.4 is 0 Å². The summed E-state index contributed by atoms with van der Waals surface area (Å²) < 4.78 is 15.3. The lowest BCUT2D eigenvalue weighted by atomic mass is 9.92. The minimum atomic E-state index is -0.596. The van der Waals surface area contributed by atoms with Gasteiger partial charge in [-0.15, -0.1) is 0 Å². The lowest BCUT2D eigenvalue weighted by Crippen LogP contribution is -2.16. The number of benzene rings is 1. The van der Waals surface area contributed by atoms with E-state index in [-0.39, 0.29) is 16.9 Å². The van der Waals surface area contributed by atoms with Gasteiger partial charge < -0.3 is 13.9 Å². The number of aldehydes is 1.